The molecule has 2 aromatic heterocycles. The number of anilines is 2. The number of hydrogen-bond donors (Lipinski definition) is 2. The number of carbonyl (C=O) groups is 2. The third-order valence-electron chi connectivity index (χ3n) is 5.69. The van der Waals surface area contributed by atoms with Crippen LogP contribution in [0.4, 0.5) is 16.3 Å². The number of esters is 1. The summed E-state index contributed by atoms with van der Waals surface area (Å²) in [6.07, 6.45) is 3.03. The van der Waals surface area contributed by atoms with Gasteiger partial charge in [-0.3, -0.25) is 9.36 Å². The lowest BCUT2D eigenvalue weighted by atomic mass is 10.1. The Morgan fingerprint density at radius 1 is 1.15 bits per heavy atom. The van der Waals surface area contributed by atoms with Crippen molar-refractivity contribution in [2.24, 2.45) is 0 Å². The highest BCUT2D eigenvalue weighted by Gasteiger charge is 2.24. The van der Waals surface area contributed by atoms with Gasteiger partial charge in [-0.25, -0.2) is 19.6 Å². The van der Waals surface area contributed by atoms with E-state index in [1.807, 2.05) is 17.9 Å². The topological polar surface area (TPSA) is 118 Å². The van der Waals surface area contributed by atoms with Gasteiger partial charge in [-0.1, -0.05) is 0 Å². The lowest BCUT2D eigenvalue weighted by Gasteiger charge is -2.33. The second-order valence-corrected chi connectivity index (χ2v) is 7.76. The number of hydrogen-bond acceptors (Lipinski definition) is 7. The Balaban J connectivity index is 1.36. The number of aromatic nitrogens is 3. The number of amides is 2. The molecule has 3 heterocycles. The Labute approximate surface area is 190 Å². The largest absolute Gasteiger partial charge is 0.465 e. The summed E-state index contributed by atoms with van der Waals surface area (Å²) in [6, 6.07) is 9.80. The van der Waals surface area contributed by atoms with Gasteiger partial charge in [0.15, 0.2) is 11.5 Å². The van der Waals surface area contributed by atoms with Gasteiger partial charge in [0.1, 0.15) is 5.52 Å². The van der Waals surface area contributed by atoms with Crippen LogP contribution in [0.1, 0.15) is 30.1 Å². The highest BCUT2D eigenvalue weighted by Crippen LogP contribution is 2.18. The first-order valence-corrected chi connectivity index (χ1v) is 10.9. The maximum Gasteiger partial charge on any atom is 0.337 e. The molecule has 0 saturated carbocycles. The van der Waals surface area contributed by atoms with Gasteiger partial charge in [-0.05, 0) is 56.2 Å². The van der Waals surface area contributed by atoms with E-state index in [4.69, 9.17) is 0 Å². The quantitative estimate of drug-likeness (QED) is 0.573. The summed E-state index contributed by atoms with van der Waals surface area (Å²) in [6.45, 7) is 3.64. The Bertz CT molecular complexity index is 1220. The number of nitrogens with zero attached hydrogens (tertiary/aromatic N) is 4. The fourth-order valence-electron chi connectivity index (χ4n) is 3.96. The first-order valence-electron chi connectivity index (χ1n) is 10.9. The molecule has 2 amide bonds. The van der Waals surface area contributed by atoms with Crippen LogP contribution >= 0.6 is 0 Å². The van der Waals surface area contributed by atoms with Gasteiger partial charge < -0.3 is 20.3 Å². The molecule has 1 aliphatic heterocycles. The van der Waals surface area contributed by atoms with Crippen LogP contribution in [0.2, 0.25) is 0 Å². The summed E-state index contributed by atoms with van der Waals surface area (Å²) in [5, 5.41) is 5.74. The highest BCUT2D eigenvalue weighted by molar-refractivity contribution is 5.92. The minimum atomic E-state index is -0.430. The van der Waals surface area contributed by atoms with Crippen molar-refractivity contribution in [3.63, 3.8) is 0 Å². The first-order chi connectivity index (χ1) is 16.0. The number of urea groups is 1. The number of ether oxygens (including phenoxy) is 1. The molecule has 0 spiro atoms. The van der Waals surface area contributed by atoms with E-state index in [0.717, 1.165) is 0 Å². The zero-order chi connectivity index (χ0) is 23.4. The second kappa shape index (κ2) is 9.68. The molecule has 2 N–H and O–H groups in total. The number of benzene rings is 1. The molecule has 1 fully saturated rings. The van der Waals surface area contributed by atoms with Crippen molar-refractivity contribution in [2.45, 2.75) is 32.4 Å². The van der Waals surface area contributed by atoms with E-state index >= 15 is 0 Å². The molecule has 0 aliphatic carbocycles. The van der Waals surface area contributed by atoms with Crippen molar-refractivity contribution in [1.29, 1.82) is 0 Å². The molecule has 33 heavy (non-hydrogen) atoms. The van der Waals surface area contributed by atoms with E-state index in [0.29, 0.717) is 60.7 Å². The summed E-state index contributed by atoms with van der Waals surface area (Å²) < 4.78 is 6.31. The zero-order valence-corrected chi connectivity index (χ0v) is 18.6. The lowest BCUT2D eigenvalue weighted by molar-refractivity contribution is 0.0600. The summed E-state index contributed by atoms with van der Waals surface area (Å²) in [5.41, 5.74) is 2.11. The van der Waals surface area contributed by atoms with Crippen LogP contribution in [0.5, 0.6) is 0 Å². The van der Waals surface area contributed by atoms with E-state index in [1.165, 1.54) is 7.11 Å². The molecule has 0 atom stereocenters. The van der Waals surface area contributed by atoms with Crippen molar-refractivity contribution < 1.29 is 14.3 Å². The van der Waals surface area contributed by atoms with E-state index in [9.17, 15) is 14.4 Å². The summed E-state index contributed by atoms with van der Waals surface area (Å²) in [7, 11) is 1.32. The molecule has 10 heteroatoms. The number of pyridine rings is 1. The Morgan fingerprint density at radius 3 is 2.55 bits per heavy atom. The van der Waals surface area contributed by atoms with Crippen LogP contribution in [0.15, 0.2) is 47.4 Å². The number of carbonyl (C=O) groups excluding carboxylic acids is 2. The fraction of sp³-hybridized carbons (Fsp3) is 0.348. The third-order valence-corrected chi connectivity index (χ3v) is 5.69. The molecule has 1 aliphatic rings. The Hall–Kier alpha value is -3.95. The van der Waals surface area contributed by atoms with Crippen LogP contribution in [0, 0.1) is 0 Å². The van der Waals surface area contributed by atoms with Gasteiger partial charge in [0.2, 0.25) is 0 Å². The number of fused-ring (bicyclic) bond motifs is 1. The van der Waals surface area contributed by atoms with Crippen LogP contribution in [-0.4, -0.2) is 52.8 Å². The molecule has 172 valence electrons. The van der Waals surface area contributed by atoms with Crippen LogP contribution in [0.25, 0.3) is 11.2 Å². The number of aryl methyl sites for hydroxylation is 1. The predicted octanol–water partition coefficient (Wildman–Crippen LogP) is 2.39. The molecule has 10 nitrogen and oxygen atoms in total. The van der Waals surface area contributed by atoms with Crippen molar-refractivity contribution >= 4 is 34.7 Å². The number of piperidine rings is 1. The molecular weight excluding hydrogens is 424 g/mol. The number of rotatable bonds is 5. The van der Waals surface area contributed by atoms with E-state index in [-0.39, 0.29) is 17.6 Å². The molecule has 4 rings (SSSR count). The van der Waals surface area contributed by atoms with Crippen molar-refractivity contribution in [3.8, 4) is 0 Å². The second-order valence-electron chi connectivity index (χ2n) is 7.76. The third kappa shape index (κ3) is 4.79. The summed E-state index contributed by atoms with van der Waals surface area (Å²) in [5.74, 6) is -0.00781. The maximum absolute atomic E-state index is 13.0. The van der Waals surface area contributed by atoms with Crippen molar-refractivity contribution in [3.05, 3.63) is 58.5 Å². The van der Waals surface area contributed by atoms with Gasteiger partial charge in [-0.2, -0.15) is 0 Å². The van der Waals surface area contributed by atoms with Crippen LogP contribution in [-0.2, 0) is 11.3 Å². The number of methoxy groups -OCH3 is 1. The summed E-state index contributed by atoms with van der Waals surface area (Å²) in [4.78, 5) is 47.7. The zero-order valence-electron chi connectivity index (χ0n) is 18.6. The summed E-state index contributed by atoms with van der Waals surface area (Å²) >= 11 is 0. The van der Waals surface area contributed by atoms with E-state index in [2.05, 4.69) is 25.3 Å². The van der Waals surface area contributed by atoms with Gasteiger partial charge in [0.05, 0.1) is 12.7 Å². The van der Waals surface area contributed by atoms with Gasteiger partial charge >= 0.3 is 12.0 Å². The molecule has 1 saturated heterocycles. The smallest absolute Gasteiger partial charge is 0.337 e. The molecule has 0 radical (unpaired) electrons. The van der Waals surface area contributed by atoms with Crippen LogP contribution < -0.4 is 21.1 Å². The monoisotopic (exact) mass is 450 g/mol. The average Bonchev–Trinajstić information content (AvgIpc) is 2.84. The lowest BCUT2D eigenvalue weighted by Crippen LogP contribution is -2.47. The van der Waals surface area contributed by atoms with Gasteiger partial charge in [0.25, 0.3) is 5.56 Å². The van der Waals surface area contributed by atoms with Crippen LogP contribution in [0.3, 0.4) is 0 Å². The standard InChI is InChI=1S/C23H26N6O4/c1-3-29-19-18(5-4-12-24-19)27-20(21(29)30)28-13-10-17(11-14-28)26-23(32)25-16-8-6-15(7-9-16)22(31)33-2/h4-9,12,17H,3,10-11,13-14H2,1-2H3,(H2,25,26,32). The SMILES string of the molecule is CCn1c(=O)c(N2CCC(NC(=O)Nc3ccc(C(=O)OC)cc3)CC2)nc2cccnc21. The predicted molar refractivity (Wildman–Crippen MR) is 125 cm³/mol. The molecule has 1 aromatic carbocycles. The van der Waals surface area contributed by atoms with Gasteiger partial charge in [0, 0.05) is 37.6 Å². The van der Waals surface area contributed by atoms with Gasteiger partial charge in [-0.15, -0.1) is 0 Å². The molecule has 3 aromatic rings. The van der Waals surface area contributed by atoms with Crippen molar-refractivity contribution in [1.82, 2.24) is 19.9 Å². The number of nitrogens with one attached hydrogen (secondary N) is 2. The Kier molecular flexibility index (Phi) is 6.53. The maximum atomic E-state index is 13.0. The molecule has 0 bridgehead atoms. The normalized spacial score (nSPS) is 14.2. The Morgan fingerprint density at radius 2 is 1.88 bits per heavy atom. The van der Waals surface area contributed by atoms with Crippen molar-refractivity contribution in [2.75, 3.05) is 30.4 Å². The fourth-order valence-corrected chi connectivity index (χ4v) is 3.96. The average molecular weight is 450 g/mol. The first kappa shape index (κ1) is 22.3. The van der Waals surface area contributed by atoms with E-state index in [1.54, 1.807) is 41.1 Å². The minimum Gasteiger partial charge on any atom is -0.465 e. The van der Waals surface area contributed by atoms with E-state index < -0.39 is 5.97 Å². The highest BCUT2D eigenvalue weighted by atomic mass is 16.5. The molecular formula is C23H26N6O4. The molecule has 0 unspecified atom stereocenters. The minimum absolute atomic E-state index is 0.0221.